The van der Waals surface area contributed by atoms with Gasteiger partial charge in [-0.1, -0.05) is 12.1 Å². The maximum absolute atomic E-state index is 8.55. The molecule has 0 aliphatic carbocycles. The van der Waals surface area contributed by atoms with E-state index < -0.39 is 0 Å². The Morgan fingerprint density at radius 3 is 2.76 bits per heavy atom. The highest BCUT2D eigenvalue weighted by atomic mass is 32.1. The first-order valence-electron chi connectivity index (χ1n) is 5.79. The van der Waals surface area contributed by atoms with Crippen LogP contribution in [0.2, 0.25) is 0 Å². The van der Waals surface area contributed by atoms with Gasteiger partial charge in [0.2, 0.25) is 0 Å². The number of nitrogens with two attached hydrogens (primary N) is 1. The fourth-order valence-corrected chi connectivity index (χ4v) is 2.57. The van der Waals surface area contributed by atoms with Gasteiger partial charge in [0, 0.05) is 28.3 Å². The molecule has 0 radical (unpaired) electrons. The lowest BCUT2D eigenvalue weighted by Crippen LogP contribution is -2.36. The Morgan fingerprint density at radius 1 is 1.53 bits per heavy atom. The van der Waals surface area contributed by atoms with Gasteiger partial charge in [-0.3, -0.25) is 0 Å². The van der Waals surface area contributed by atoms with Crippen molar-refractivity contribution in [2.24, 2.45) is 16.8 Å². The molecule has 4 nitrogen and oxygen atoms in total. The Bertz CT molecular complexity index is 376. The molecule has 1 aromatic heterocycles. The summed E-state index contributed by atoms with van der Waals surface area (Å²) in [6.45, 7) is 6.92. The molecule has 4 N–H and O–H groups in total. The molecule has 0 aliphatic rings. The summed E-state index contributed by atoms with van der Waals surface area (Å²) < 4.78 is 0. The van der Waals surface area contributed by atoms with E-state index in [0.717, 1.165) is 13.0 Å². The van der Waals surface area contributed by atoms with Gasteiger partial charge in [0.15, 0.2) is 0 Å². The maximum Gasteiger partial charge on any atom is 0.143 e. The van der Waals surface area contributed by atoms with Crippen LogP contribution < -0.4 is 11.1 Å². The molecule has 5 heteroatoms. The SMILES string of the molecule is Cc1ccc(CC(C)NCC(C)C(N)=NO)s1. The van der Waals surface area contributed by atoms with E-state index in [1.807, 2.05) is 18.3 Å². The molecule has 0 amide bonds. The van der Waals surface area contributed by atoms with E-state index in [2.05, 4.69) is 36.5 Å². The van der Waals surface area contributed by atoms with Gasteiger partial charge in [0.25, 0.3) is 0 Å². The molecule has 0 saturated carbocycles. The summed E-state index contributed by atoms with van der Waals surface area (Å²) in [5.74, 6) is 0.323. The topological polar surface area (TPSA) is 70.6 Å². The number of nitrogens with one attached hydrogen (secondary N) is 1. The van der Waals surface area contributed by atoms with Crippen molar-refractivity contribution in [3.63, 3.8) is 0 Å². The van der Waals surface area contributed by atoms with Crippen molar-refractivity contribution in [2.75, 3.05) is 6.54 Å². The summed E-state index contributed by atoms with van der Waals surface area (Å²) in [5, 5.41) is 14.9. The van der Waals surface area contributed by atoms with Gasteiger partial charge in [-0.25, -0.2) is 0 Å². The Morgan fingerprint density at radius 2 is 2.24 bits per heavy atom. The first-order chi connectivity index (χ1) is 8.02. The van der Waals surface area contributed by atoms with Crippen LogP contribution in [-0.2, 0) is 6.42 Å². The summed E-state index contributed by atoms with van der Waals surface area (Å²) in [6.07, 6.45) is 1.02. The third-order valence-corrected chi connectivity index (χ3v) is 3.72. The van der Waals surface area contributed by atoms with E-state index in [-0.39, 0.29) is 11.8 Å². The predicted molar refractivity (Wildman–Crippen MR) is 72.8 cm³/mol. The quantitative estimate of drug-likeness (QED) is 0.315. The van der Waals surface area contributed by atoms with Crippen LogP contribution in [0.25, 0.3) is 0 Å². The minimum absolute atomic E-state index is 0.0486. The van der Waals surface area contributed by atoms with Crippen LogP contribution in [0.3, 0.4) is 0 Å². The number of rotatable bonds is 6. The molecule has 0 saturated heterocycles. The summed E-state index contributed by atoms with van der Waals surface area (Å²) in [6, 6.07) is 4.71. The second kappa shape index (κ2) is 6.61. The molecule has 2 atom stereocenters. The van der Waals surface area contributed by atoms with Crippen molar-refractivity contribution < 1.29 is 5.21 Å². The van der Waals surface area contributed by atoms with Crippen LogP contribution in [0.4, 0.5) is 0 Å². The van der Waals surface area contributed by atoms with Gasteiger partial charge in [0.05, 0.1) is 0 Å². The Balaban J connectivity index is 2.33. The lowest BCUT2D eigenvalue weighted by Gasteiger charge is -2.16. The van der Waals surface area contributed by atoms with E-state index in [4.69, 9.17) is 10.9 Å². The van der Waals surface area contributed by atoms with E-state index in [9.17, 15) is 0 Å². The number of nitrogens with zero attached hydrogens (tertiary/aromatic N) is 1. The van der Waals surface area contributed by atoms with Crippen molar-refractivity contribution in [1.29, 1.82) is 0 Å². The summed E-state index contributed by atoms with van der Waals surface area (Å²) in [5.41, 5.74) is 5.52. The molecule has 96 valence electrons. The Labute approximate surface area is 107 Å². The summed E-state index contributed by atoms with van der Waals surface area (Å²) in [7, 11) is 0. The highest BCUT2D eigenvalue weighted by Crippen LogP contribution is 2.16. The monoisotopic (exact) mass is 255 g/mol. The lowest BCUT2D eigenvalue weighted by molar-refractivity contribution is 0.313. The normalized spacial score (nSPS) is 15.8. The average molecular weight is 255 g/mol. The third-order valence-electron chi connectivity index (χ3n) is 2.70. The van der Waals surface area contributed by atoms with Gasteiger partial charge in [-0.15, -0.1) is 11.3 Å². The van der Waals surface area contributed by atoms with E-state index in [1.165, 1.54) is 9.75 Å². The molecule has 0 fully saturated rings. The van der Waals surface area contributed by atoms with E-state index in [0.29, 0.717) is 6.04 Å². The predicted octanol–water partition coefficient (Wildman–Crippen LogP) is 1.96. The van der Waals surface area contributed by atoms with Crippen molar-refractivity contribution in [3.05, 3.63) is 21.9 Å². The molecule has 1 aromatic rings. The van der Waals surface area contributed by atoms with Crippen LogP contribution >= 0.6 is 11.3 Å². The number of aryl methyl sites for hydroxylation is 1. The zero-order valence-corrected chi connectivity index (χ0v) is 11.4. The molecular weight excluding hydrogens is 234 g/mol. The van der Waals surface area contributed by atoms with Gasteiger partial charge in [-0.2, -0.15) is 0 Å². The van der Waals surface area contributed by atoms with Crippen LogP contribution in [0.5, 0.6) is 0 Å². The fourth-order valence-electron chi connectivity index (χ4n) is 1.55. The standard InChI is InChI=1S/C12H21N3OS/c1-8(12(13)15-16)7-14-9(2)6-11-5-4-10(3)17-11/h4-5,8-9,14,16H,6-7H2,1-3H3,(H2,13,15). The van der Waals surface area contributed by atoms with Crippen LogP contribution in [0, 0.1) is 12.8 Å². The number of hydrogen-bond donors (Lipinski definition) is 3. The molecule has 0 spiro atoms. The van der Waals surface area contributed by atoms with Gasteiger partial charge in [-0.05, 0) is 32.4 Å². The van der Waals surface area contributed by atoms with E-state index in [1.54, 1.807) is 0 Å². The van der Waals surface area contributed by atoms with Gasteiger partial charge < -0.3 is 16.3 Å². The highest BCUT2D eigenvalue weighted by Gasteiger charge is 2.10. The zero-order chi connectivity index (χ0) is 12.8. The molecule has 1 rings (SSSR count). The highest BCUT2D eigenvalue weighted by molar-refractivity contribution is 7.11. The Hall–Kier alpha value is -1.07. The van der Waals surface area contributed by atoms with Crippen molar-refractivity contribution >= 4 is 17.2 Å². The molecule has 0 aromatic carbocycles. The smallest absolute Gasteiger partial charge is 0.143 e. The van der Waals surface area contributed by atoms with E-state index >= 15 is 0 Å². The molecule has 0 aliphatic heterocycles. The molecular formula is C12H21N3OS. The Kier molecular flexibility index (Phi) is 5.44. The van der Waals surface area contributed by atoms with Gasteiger partial charge >= 0.3 is 0 Å². The first-order valence-corrected chi connectivity index (χ1v) is 6.60. The minimum Gasteiger partial charge on any atom is -0.409 e. The number of amidine groups is 1. The minimum atomic E-state index is 0.0486. The van der Waals surface area contributed by atoms with Gasteiger partial charge in [0.1, 0.15) is 5.84 Å². The van der Waals surface area contributed by atoms with Crippen molar-refractivity contribution in [3.8, 4) is 0 Å². The number of hydrogen-bond acceptors (Lipinski definition) is 4. The molecule has 2 unspecified atom stereocenters. The second-order valence-electron chi connectivity index (χ2n) is 4.45. The zero-order valence-electron chi connectivity index (χ0n) is 10.6. The fraction of sp³-hybridized carbons (Fsp3) is 0.583. The first kappa shape index (κ1) is 14.0. The van der Waals surface area contributed by atoms with Crippen molar-refractivity contribution in [2.45, 2.75) is 33.2 Å². The second-order valence-corrected chi connectivity index (χ2v) is 5.82. The molecule has 1 heterocycles. The van der Waals surface area contributed by atoms with Crippen LogP contribution in [0.1, 0.15) is 23.6 Å². The third kappa shape index (κ3) is 4.75. The maximum atomic E-state index is 8.55. The average Bonchev–Trinajstić information content (AvgIpc) is 2.70. The van der Waals surface area contributed by atoms with Crippen LogP contribution in [-0.4, -0.2) is 23.6 Å². The summed E-state index contributed by atoms with van der Waals surface area (Å²) in [4.78, 5) is 2.73. The number of oxime groups is 1. The van der Waals surface area contributed by atoms with Crippen LogP contribution in [0.15, 0.2) is 17.3 Å². The number of thiophene rings is 1. The van der Waals surface area contributed by atoms with Crippen molar-refractivity contribution in [1.82, 2.24) is 5.32 Å². The largest absolute Gasteiger partial charge is 0.409 e. The molecule has 0 bridgehead atoms. The summed E-state index contributed by atoms with van der Waals surface area (Å²) >= 11 is 1.83. The lowest BCUT2D eigenvalue weighted by atomic mass is 10.1. The molecule has 17 heavy (non-hydrogen) atoms.